The van der Waals surface area contributed by atoms with Gasteiger partial charge in [0.05, 0.1) is 12.1 Å². The second kappa shape index (κ2) is 8.07. The van der Waals surface area contributed by atoms with Gasteiger partial charge in [-0.15, -0.1) is 5.10 Å². The Morgan fingerprint density at radius 3 is 2.61 bits per heavy atom. The molecule has 2 aromatic carbocycles. The Kier molecular flexibility index (Phi) is 5.11. The normalized spacial score (nSPS) is 15.5. The van der Waals surface area contributed by atoms with Gasteiger partial charge in [0.15, 0.2) is 5.82 Å². The highest BCUT2D eigenvalue weighted by Gasteiger charge is 2.32. The van der Waals surface area contributed by atoms with E-state index in [9.17, 15) is 4.79 Å². The molecular weight excluding hydrogens is 388 g/mol. The molecule has 2 aromatic heterocycles. The zero-order valence-electron chi connectivity index (χ0n) is 17.9. The number of aromatic amines is 1. The minimum absolute atomic E-state index is 0.0765. The number of aryl methyl sites for hydroxylation is 2. The van der Waals surface area contributed by atoms with Gasteiger partial charge in [-0.3, -0.25) is 9.69 Å². The van der Waals surface area contributed by atoms with Gasteiger partial charge in [-0.2, -0.15) is 0 Å². The molecule has 0 amide bonds. The molecule has 1 aliphatic rings. The van der Waals surface area contributed by atoms with Crippen LogP contribution in [0.4, 0.5) is 0 Å². The number of hydrogen-bond donors (Lipinski definition) is 1. The van der Waals surface area contributed by atoms with Gasteiger partial charge < -0.3 is 4.98 Å². The van der Waals surface area contributed by atoms with Crippen LogP contribution in [0.1, 0.15) is 47.0 Å². The summed E-state index contributed by atoms with van der Waals surface area (Å²) in [5.74, 6) is 0.708. The van der Waals surface area contributed by atoms with Crippen molar-refractivity contribution < 1.29 is 0 Å². The van der Waals surface area contributed by atoms with E-state index in [-0.39, 0.29) is 11.6 Å². The fraction of sp³-hybridized carbons (Fsp3) is 0.333. The van der Waals surface area contributed by atoms with Crippen molar-refractivity contribution in [3.05, 3.63) is 87.0 Å². The van der Waals surface area contributed by atoms with Crippen LogP contribution in [0, 0.1) is 13.8 Å². The average molecular weight is 415 g/mol. The topological polar surface area (TPSA) is 79.7 Å². The number of tetrazole rings is 1. The molecule has 0 bridgehead atoms. The summed E-state index contributed by atoms with van der Waals surface area (Å²) in [6.45, 7) is 6.52. The molecule has 3 heterocycles. The predicted octanol–water partition coefficient (Wildman–Crippen LogP) is 3.36. The standard InChI is InChI=1S/C24H26N6O/c1-16-10-11-19-14-20(24(31)25-21(19)17(16)2)22(29-12-6-7-13-29)23-26-27-28-30(23)15-18-8-4-3-5-9-18/h3-5,8-11,14,22H,6-7,12-13,15H2,1-2H3,(H,25,31). The Bertz CT molecular complexity index is 1270. The highest BCUT2D eigenvalue weighted by molar-refractivity contribution is 5.83. The fourth-order valence-electron chi connectivity index (χ4n) is 4.52. The number of H-pyrrole nitrogens is 1. The van der Waals surface area contributed by atoms with Crippen molar-refractivity contribution >= 4 is 10.9 Å². The first-order chi connectivity index (χ1) is 15.1. The number of hydrogen-bond acceptors (Lipinski definition) is 5. The van der Waals surface area contributed by atoms with Crippen LogP contribution in [0.15, 0.2) is 53.3 Å². The van der Waals surface area contributed by atoms with Crippen LogP contribution >= 0.6 is 0 Å². The van der Waals surface area contributed by atoms with Gasteiger partial charge in [0.25, 0.3) is 5.56 Å². The van der Waals surface area contributed by atoms with Crippen molar-refractivity contribution in [2.24, 2.45) is 0 Å². The van der Waals surface area contributed by atoms with E-state index >= 15 is 0 Å². The van der Waals surface area contributed by atoms with E-state index in [4.69, 9.17) is 0 Å². The summed E-state index contributed by atoms with van der Waals surface area (Å²) in [4.78, 5) is 18.8. The van der Waals surface area contributed by atoms with Gasteiger partial charge in [0, 0.05) is 5.56 Å². The summed E-state index contributed by atoms with van der Waals surface area (Å²) < 4.78 is 1.82. The van der Waals surface area contributed by atoms with Crippen LogP contribution in [0.25, 0.3) is 10.9 Å². The summed E-state index contributed by atoms with van der Waals surface area (Å²) in [6.07, 6.45) is 2.22. The maximum atomic E-state index is 13.3. The van der Waals surface area contributed by atoms with Crippen molar-refractivity contribution in [2.45, 2.75) is 39.3 Å². The van der Waals surface area contributed by atoms with Crippen LogP contribution in [0.3, 0.4) is 0 Å². The van der Waals surface area contributed by atoms with E-state index in [2.05, 4.69) is 56.6 Å². The van der Waals surface area contributed by atoms with Crippen LogP contribution in [0.2, 0.25) is 0 Å². The van der Waals surface area contributed by atoms with Gasteiger partial charge >= 0.3 is 0 Å². The van der Waals surface area contributed by atoms with Crippen molar-refractivity contribution in [3.63, 3.8) is 0 Å². The SMILES string of the molecule is Cc1ccc2cc(C(c3nnnn3Cc3ccccc3)N3CCCC3)c(=O)[nH]c2c1C. The lowest BCUT2D eigenvalue weighted by atomic mass is 10.0. The predicted molar refractivity (Wildman–Crippen MR) is 120 cm³/mol. The number of benzene rings is 2. The molecule has 1 saturated heterocycles. The zero-order chi connectivity index (χ0) is 21.4. The fourth-order valence-corrected chi connectivity index (χ4v) is 4.52. The number of rotatable bonds is 5. The molecule has 7 nitrogen and oxygen atoms in total. The maximum Gasteiger partial charge on any atom is 0.253 e. The van der Waals surface area contributed by atoms with Gasteiger partial charge in [-0.1, -0.05) is 42.5 Å². The Morgan fingerprint density at radius 2 is 1.84 bits per heavy atom. The van der Waals surface area contributed by atoms with E-state index < -0.39 is 0 Å². The molecule has 0 saturated carbocycles. The first-order valence-electron chi connectivity index (χ1n) is 10.8. The monoisotopic (exact) mass is 414 g/mol. The summed E-state index contributed by atoms with van der Waals surface area (Å²) in [7, 11) is 0. The minimum atomic E-state index is -0.282. The van der Waals surface area contributed by atoms with Crippen LogP contribution < -0.4 is 5.56 Å². The van der Waals surface area contributed by atoms with E-state index in [0.717, 1.165) is 48.0 Å². The number of pyridine rings is 1. The molecule has 1 N–H and O–H groups in total. The van der Waals surface area contributed by atoms with Gasteiger partial charge in [-0.25, -0.2) is 4.68 Å². The molecule has 1 aliphatic heterocycles. The first kappa shape index (κ1) is 19.6. The molecule has 0 radical (unpaired) electrons. The van der Waals surface area contributed by atoms with Crippen molar-refractivity contribution in [1.29, 1.82) is 0 Å². The van der Waals surface area contributed by atoms with Crippen molar-refractivity contribution in [2.75, 3.05) is 13.1 Å². The molecule has 1 unspecified atom stereocenters. The highest BCUT2D eigenvalue weighted by atomic mass is 16.1. The average Bonchev–Trinajstić information content (AvgIpc) is 3.46. The Labute approximate surface area is 180 Å². The Hall–Kier alpha value is -3.32. The molecular formula is C24H26N6O. The number of likely N-dealkylation sites (tertiary alicyclic amines) is 1. The van der Waals surface area contributed by atoms with E-state index in [1.54, 1.807) is 0 Å². The maximum absolute atomic E-state index is 13.3. The third-order valence-electron chi connectivity index (χ3n) is 6.36. The lowest BCUT2D eigenvalue weighted by Gasteiger charge is -2.26. The molecule has 31 heavy (non-hydrogen) atoms. The van der Waals surface area contributed by atoms with Gasteiger partial charge in [-0.05, 0) is 78.3 Å². The highest BCUT2D eigenvalue weighted by Crippen LogP contribution is 2.30. The molecule has 1 fully saturated rings. The number of aromatic nitrogens is 5. The lowest BCUT2D eigenvalue weighted by molar-refractivity contribution is 0.263. The van der Waals surface area contributed by atoms with E-state index in [1.807, 2.05) is 35.9 Å². The quantitative estimate of drug-likeness (QED) is 0.542. The summed E-state index contributed by atoms with van der Waals surface area (Å²) in [6, 6.07) is 16.0. The zero-order valence-corrected chi connectivity index (χ0v) is 17.9. The van der Waals surface area contributed by atoms with Gasteiger partial charge in [0.1, 0.15) is 6.04 Å². The third kappa shape index (κ3) is 3.65. The third-order valence-corrected chi connectivity index (χ3v) is 6.36. The van der Waals surface area contributed by atoms with E-state index in [0.29, 0.717) is 17.9 Å². The van der Waals surface area contributed by atoms with Crippen LogP contribution in [-0.2, 0) is 6.54 Å². The lowest BCUT2D eigenvalue weighted by Crippen LogP contribution is -2.33. The summed E-state index contributed by atoms with van der Waals surface area (Å²) >= 11 is 0. The molecule has 7 heteroatoms. The molecule has 4 aromatic rings. The van der Waals surface area contributed by atoms with E-state index in [1.165, 1.54) is 5.56 Å². The number of nitrogens with one attached hydrogen (secondary N) is 1. The minimum Gasteiger partial charge on any atom is -0.321 e. The molecule has 0 aliphatic carbocycles. The molecule has 5 rings (SSSR count). The molecule has 0 spiro atoms. The number of nitrogens with zero attached hydrogens (tertiary/aromatic N) is 5. The summed E-state index contributed by atoms with van der Waals surface area (Å²) in [5, 5.41) is 13.7. The van der Waals surface area contributed by atoms with Gasteiger partial charge in [0.2, 0.25) is 0 Å². The Balaban J connectivity index is 1.64. The second-order valence-corrected chi connectivity index (χ2v) is 8.35. The first-order valence-corrected chi connectivity index (χ1v) is 10.8. The van der Waals surface area contributed by atoms with Crippen LogP contribution in [0.5, 0.6) is 0 Å². The smallest absolute Gasteiger partial charge is 0.253 e. The van der Waals surface area contributed by atoms with Crippen LogP contribution in [-0.4, -0.2) is 43.2 Å². The Morgan fingerprint density at radius 1 is 1.06 bits per heavy atom. The largest absolute Gasteiger partial charge is 0.321 e. The summed E-state index contributed by atoms with van der Waals surface area (Å²) in [5.41, 5.74) is 4.91. The second-order valence-electron chi connectivity index (χ2n) is 8.35. The van der Waals surface area contributed by atoms with Crippen molar-refractivity contribution in [1.82, 2.24) is 30.1 Å². The number of fused-ring (bicyclic) bond motifs is 1. The molecule has 158 valence electrons. The molecule has 1 atom stereocenters. The van der Waals surface area contributed by atoms with Crippen molar-refractivity contribution in [3.8, 4) is 0 Å².